The molecule has 0 aliphatic heterocycles. The molecule has 1 N–H and O–H groups in total. The van der Waals surface area contributed by atoms with Crippen molar-refractivity contribution in [3.63, 3.8) is 0 Å². The van der Waals surface area contributed by atoms with Crippen molar-refractivity contribution in [1.29, 1.82) is 0 Å². The van der Waals surface area contributed by atoms with E-state index in [1.165, 1.54) is 6.07 Å². The Morgan fingerprint density at radius 2 is 1.62 bits per heavy atom. The SMILES string of the molecule is CCNC(c1cc(F)c(F)cc1F)c1ccc(Cl)cc1Cl. The Balaban J connectivity index is 2.55. The lowest BCUT2D eigenvalue weighted by atomic mass is 9.97. The van der Waals surface area contributed by atoms with Crippen LogP contribution in [-0.4, -0.2) is 6.54 Å². The molecule has 1 atom stereocenters. The number of halogens is 5. The Morgan fingerprint density at radius 1 is 0.952 bits per heavy atom. The van der Waals surface area contributed by atoms with Crippen molar-refractivity contribution in [3.05, 3.63) is 69.0 Å². The van der Waals surface area contributed by atoms with Gasteiger partial charge in [0.1, 0.15) is 5.82 Å². The molecule has 0 radical (unpaired) electrons. The lowest BCUT2D eigenvalue weighted by Crippen LogP contribution is -2.23. The van der Waals surface area contributed by atoms with Gasteiger partial charge in [0.15, 0.2) is 11.6 Å². The van der Waals surface area contributed by atoms with Gasteiger partial charge in [-0.2, -0.15) is 0 Å². The van der Waals surface area contributed by atoms with Gasteiger partial charge in [-0.25, -0.2) is 13.2 Å². The number of nitrogens with one attached hydrogen (secondary N) is 1. The number of hydrogen-bond donors (Lipinski definition) is 1. The fraction of sp³-hybridized carbons (Fsp3) is 0.200. The fourth-order valence-electron chi connectivity index (χ4n) is 2.09. The highest BCUT2D eigenvalue weighted by molar-refractivity contribution is 6.35. The Kier molecular flexibility index (Phi) is 5.14. The van der Waals surface area contributed by atoms with Crippen molar-refractivity contribution in [2.75, 3.05) is 6.54 Å². The molecule has 0 saturated carbocycles. The van der Waals surface area contributed by atoms with Crippen molar-refractivity contribution in [2.24, 2.45) is 0 Å². The quantitative estimate of drug-likeness (QED) is 0.766. The maximum atomic E-state index is 14.0. The van der Waals surface area contributed by atoms with E-state index in [1.807, 2.05) is 6.92 Å². The molecule has 0 aliphatic rings. The van der Waals surface area contributed by atoms with E-state index in [-0.39, 0.29) is 5.56 Å². The predicted molar refractivity (Wildman–Crippen MR) is 78.3 cm³/mol. The van der Waals surface area contributed by atoms with E-state index in [2.05, 4.69) is 5.32 Å². The molecule has 0 bridgehead atoms. The second-order valence-corrected chi connectivity index (χ2v) is 5.29. The van der Waals surface area contributed by atoms with Gasteiger partial charge in [0.05, 0.1) is 6.04 Å². The third-order valence-corrected chi connectivity index (χ3v) is 3.59. The smallest absolute Gasteiger partial charge is 0.161 e. The van der Waals surface area contributed by atoms with Crippen LogP contribution in [0.15, 0.2) is 30.3 Å². The van der Waals surface area contributed by atoms with Crippen LogP contribution in [0.5, 0.6) is 0 Å². The van der Waals surface area contributed by atoms with E-state index in [9.17, 15) is 13.2 Å². The van der Waals surface area contributed by atoms with Crippen molar-refractivity contribution in [2.45, 2.75) is 13.0 Å². The summed E-state index contributed by atoms with van der Waals surface area (Å²) in [5, 5.41) is 3.76. The molecule has 0 saturated heterocycles. The second kappa shape index (κ2) is 6.69. The van der Waals surface area contributed by atoms with Crippen molar-refractivity contribution in [1.82, 2.24) is 5.32 Å². The molecule has 0 fully saturated rings. The first-order chi connectivity index (χ1) is 9.93. The van der Waals surface area contributed by atoms with Gasteiger partial charge in [-0.05, 0) is 30.3 Å². The molecule has 112 valence electrons. The third-order valence-electron chi connectivity index (χ3n) is 3.03. The van der Waals surface area contributed by atoms with Gasteiger partial charge in [-0.15, -0.1) is 0 Å². The van der Waals surface area contributed by atoms with E-state index in [4.69, 9.17) is 23.2 Å². The molecule has 1 nitrogen and oxygen atoms in total. The van der Waals surface area contributed by atoms with Gasteiger partial charge >= 0.3 is 0 Å². The molecule has 0 aliphatic carbocycles. The Hall–Kier alpha value is -1.23. The summed E-state index contributed by atoms with van der Waals surface area (Å²) in [5.41, 5.74) is 0.521. The van der Waals surface area contributed by atoms with Crippen LogP contribution in [0.25, 0.3) is 0 Å². The first-order valence-corrected chi connectivity index (χ1v) is 7.02. The predicted octanol–water partition coefficient (Wildman–Crippen LogP) is 5.11. The van der Waals surface area contributed by atoms with E-state index < -0.39 is 23.5 Å². The minimum atomic E-state index is -1.23. The molecule has 0 aromatic heterocycles. The van der Waals surface area contributed by atoms with Crippen LogP contribution in [0.2, 0.25) is 10.0 Å². The second-order valence-electron chi connectivity index (χ2n) is 4.44. The largest absolute Gasteiger partial charge is 0.306 e. The standard InChI is InChI=1S/C15H12Cl2F3N/c1-2-21-15(9-4-3-8(16)5-11(9)17)10-6-13(19)14(20)7-12(10)18/h3-7,15,21H,2H2,1H3. The Morgan fingerprint density at radius 3 is 2.24 bits per heavy atom. The fourth-order valence-corrected chi connectivity index (χ4v) is 2.60. The normalized spacial score (nSPS) is 12.5. The number of rotatable bonds is 4. The van der Waals surface area contributed by atoms with Gasteiger partial charge in [0, 0.05) is 21.7 Å². The zero-order chi connectivity index (χ0) is 15.6. The van der Waals surface area contributed by atoms with Gasteiger partial charge in [0.2, 0.25) is 0 Å². The monoisotopic (exact) mass is 333 g/mol. The lowest BCUT2D eigenvalue weighted by Gasteiger charge is -2.21. The summed E-state index contributed by atoms with van der Waals surface area (Å²) in [4.78, 5) is 0. The van der Waals surface area contributed by atoms with Crippen LogP contribution >= 0.6 is 23.2 Å². The van der Waals surface area contributed by atoms with Gasteiger partial charge in [0.25, 0.3) is 0 Å². The summed E-state index contributed by atoms with van der Waals surface area (Å²) in [6, 6.07) is 5.40. The summed E-state index contributed by atoms with van der Waals surface area (Å²) in [5.74, 6) is -3.18. The summed E-state index contributed by atoms with van der Waals surface area (Å²) in [6.45, 7) is 2.30. The average molecular weight is 334 g/mol. The zero-order valence-electron chi connectivity index (χ0n) is 11.1. The van der Waals surface area contributed by atoms with Crippen molar-refractivity contribution >= 4 is 23.2 Å². The molecule has 2 rings (SSSR count). The van der Waals surface area contributed by atoms with Crippen LogP contribution in [0.3, 0.4) is 0 Å². The molecule has 0 heterocycles. The van der Waals surface area contributed by atoms with Gasteiger partial charge < -0.3 is 5.32 Å². The molecule has 21 heavy (non-hydrogen) atoms. The van der Waals surface area contributed by atoms with Crippen LogP contribution in [0.4, 0.5) is 13.2 Å². The summed E-state index contributed by atoms with van der Waals surface area (Å²) >= 11 is 12.0. The molecule has 1 unspecified atom stereocenters. The Labute approximate surface area is 130 Å². The Bertz CT molecular complexity index is 662. The minimum absolute atomic E-state index is 0.0139. The first-order valence-electron chi connectivity index (χ1n) is 6.26. The maximum Gasteiger partial charge on any atom is 0.161 e. The maximum absolute atomic E-state index is 14.0. The molecule has 2 aromatic rings. The van der Waals surface area contributed by atoms with E-state index in [1.54, 1.807) is 12.1 Å². The molecule has 6 heteroatoms. The van der Waals surface area contributed by atoms with Crippen LogP contribution < -0.4 is 5.32 Å². The summed E-state index contributed by atoms with van der Waals surface area (Å²) in [6.07, 6.45) is 0. The van der Waals surface area contributed by atoms with Crippen LogP contribution in [0.1, 0.15) is 24.1 Å². The lowest BCUT2D eigenvalue weighted by molar-refractivity contribution is 0.481. The van der Waals surface area contributed by atoms with Gasteiger partial charge in [-0.1, -0.05) is 36.2 Å². The minimum Gasteiger partial charge on any atom is -0.306 e. The average Bonchev–Trinajstić information content (AvgIpc) is 2.41. The van der Waals surface area contributed by atoms with Crippen molar-refractivity contribution < 1.29 is 13.2 Å². The van der Waals surface area contributed by atoms with Crippen LogP contribution in [0, 0.1) is 17.5 Å². The first kappa shape index (κ1) is 16.1. The summed E-state index contributed by atoms with van der Waals surface area (Å²) in [7, 11) is 0. The van der Waals surface area contributed by atoms with Crippen LogP contribution in [-0.2, 0) is 0 Å². The molecular weight excluding hydrogens is 322 g/mol. The van der Waals surface area contributed by atoms with E-state index in [0.717, 1.165) is 6.07 Å². The van der Waals surface area contributed by atoms with E-state index in [0.29, 0.717) is 28.2 Å². The molecular formula is C15H12Cl2F3N. The van der Waals surface area contributed by atoms with E-state index >= 15 is 0 Å². The highest BCUT2D eigenvalue weighted by Crippen LogP contribution is 2.32. The van der Waals surface area contributed by atoms with Gasteiger partial charge in [-0.3, -0.25) is 0 Å². The highest BCUT2D eigenvalue weighted by atomic mass is 35.5. The summed E-state index contributed by atoms with van der Waals surface area (Å²) < 4.78 is 40.5. The number of hydrogen-bond acceptors (Lipinski definition) is 1. The highest BCUT2D eigenvalue weighted by Gasteiger charge is 2.22. The molecule has 0 amide bonds. The van der Waals surface area contributed by atoms with Crippen molar-refractivity contribution in [3.8, 4) is 0 Å². The zero-order valence-corrected chi connectivity index (χ0v) is 12.6. The molecule has 0 spiro atoms. The third kappa shape index (κ3) is 3.51. The number of benzene rings is 2. The topological polar surface area (TPSA) is 12.0 Å². The molecule has 2 aromatic carbocycles.